The van der Waals surface area contributed by atoms with Crippen LogP contribution in [0, 0.1) is 0 Å². The molecule has 0 unspecified atom stereocenters. The molecule has 5 nitrogen and oxygen atoms in total. The maximum absolute atomic E-state index is 11.3. The fourth-order valence-corrected chi connectivity index (χ4v) is 1.32. The number of nitrogens with one attached hydrogen (secondary N) is 1. The van der Waals surface area contributed by atoms with Crippen molar-refractivity contribution in [2.75, 3.05) is 40.0 Å². The van der Waals surface area contributed by atoms with E-state index in [-0.39, 0.29) is 5.91 Å². The van der Waals surface area contributed by atoms with Crippen molar-refractivity contribution in [3.05, 3.63) is 0 Å². The van der Waals surface area contributed by atoms with Gasteiger partial charge in [-0.2, -0.15) is 0 Å². The van der Waals surface area contributed by atoms with Crippen LogP contribution in [0.1, 0.15) is 32.1 Å². The Balaban J connectivity index is 3.08. The summed E-state index contributed by atoms with van der Waals surface area (Å²) in [6, 6.07) is 0. The minimum absolute atomic E-state index is 0.124. The molecule has 17 heavy (non-hydrogen) atoms. The van der Waals surface area contributed by atoms with Crippen LogP contribution in [0.15, 0.2) is 0 Å². The fraction of sp³-hybridized carbons (Fsp3) is 0.917. The molecule has 0 fully saturated rings. The molecule has 0 radical (unpaired) electrons. The van der Waals surface area contributed by atoms with Crippen molar-refractivity contribution in [1.82, 2.24) is 5.32 Å². The highest BCUT2D eigenvalue weighted by Gasteiger charge is 1.99. The van der Waals surface area contributed by atoms with E-state index in [1.807, 2.05) is 0 Å². The van der Waals surface area contributed by atoms with Crippen molar-refractivity contribution in [3.8, 4) is 0 Å². The predicted molar refractivity (Wildman–Crippen MR) is 67.8 cm³/mol. The van der Waals surface area contributed by atoms with Crippen molar-refractivity contribution in [1.29, 1.82) is 0 Å². The van der Waals surface area contributed by atoms with Crippen LogP contribution in [0.4, 0.5) is 0 Å². The number of methoxy groups -OCH3 is 1. The average molecular weight is 246 g/mol. The molecule has 0 aliphatic rings. The number of hydrogen-bond acceptors (Lipinski definition) is 4. The summed E-state index contributed by atoms with van der Waals surface area (Å²) in [6.45, 7) is 3.40. The average Bonchev–Trinajstić information content (AvgIpc) is 2.33. The standard InChI is InChI=1S/C12H26N2O3/c1-16-10-11-17-9-5-4-8-14-12(15)6-2-3-7-13/h2-11,13H2,1H3,(H,14,15). The Hall–Kier alpha value is -0.650. The topological polar surface area (TPSA) is 73.6 Å². The summed E-state index contributed by atoms with van der Waals surface area (Å²) in [4.78, 5) is 11.3. The van der Waals surface area contributed by atoms with E-state index >= 15 is 0 Å². The maximum Gasteiger partial charge on any atom is 0.219 e. The van der Waals surface area contributed by atoms with Crippen LogP contribution >= 0.6 is 0 Å². The first kappa shape index (κ1) is 16.4. The van der Waals surface area contributed by atoms with Gasteiger partial charge >= 0.3 is 0 Å². The highest BCUT2D eigenvalue weighted by atomic mass is 16.5. The second kappa shape index (κ2) is 13.4. The SMILES string of the molecule is COCCOCCCCNC(=O)CCCCN. The Bertz CT molecular complexity index is 177. The number of amides is 1. The van der Waals surface area contributed by atoms with Crippen LogP contribution in [-0.4, -0.2) is 45.9 Å². The summed E-state index contributed by atoms with van der Waals surface area (Å²) in [5.41, 5.74) is 5.35. The van der Waals surface area contributed by atoms with Gasteiger partial charge in [0, 0.05) is 26.7 Å². The summed E-state index contributed by atoms with van der Waals surface area (Å²) in [6.07, 6.45) is 4.30. The van der Waals surface area contributed by atoms with Gasteiger partial charge in [0.1, 0.15) is 0 Å². The molecule has 0 saturated heterocycles. The molecule has 0 spiro atoms. The Labute approximate surface area is 104 Å². The van der Waals surface area contributed by atoms with Gasteiger partial charge in [0.05, 0.1) is 13.2 Å². The molecule has 1 amide bonds. The van der Waals surface area contributed by atoms with E-state index < -0.39 is 0 Å². The molecule has 0 aromatic rings. The largest absolute Gasteiger partial charge is 0.382 e. The zero-order valence-corrected chi connectivity index (χ0v) is 10.9. The Morgan fingerprint density at radius 2 is 1.94 bits per heavy atom. The molecule has 3 N–H and O–H groups in total. The molecule has 0 bridgehead atoms. The van der Waals surface area contributed by atoms with Crippen molar-refractivity contribution >= 4 is 5.91 Å². The number of rotatable bonds is 12. The van der Waals surface area contributed by atoms with Gasteiger partial charge in [0.25, 0.3) is 0 Å². The molecule has 5 heteroatoms. The quantitative estimate of drug-likeness (QED) is 0.497. The Morgan fingerprint density at radius 3 is 2.65 bits per heavy atom. The molecule has 0 rings (SSSR count). The van der Waals surface area contributed by atoms with Crippen molar-refractivity contribution in [2.24, 2.45) is 5.73 Å². The third-order valence-electron chi connectivity index (χ3n) is 2.33. The van der Waals surface area contributed by atoms with Gasteiger partial charge in [-0.1, -0.05) is 0 Å². The third-order valence-corrected chi connectivity index (χ3v) is 2.33. The lowest BCUT2D eigenvalue weighted by atomic mass is 10.2. The second-order valence-electron chi connectivity index (χ2n) is 3.91. The zero-order valence-electron chi connectivity index (χ0n) is 10.9. The van der Waals surface area contributed by atoms with Gasteiger partial charge in [-0.05, 0) is 32.2 Å². The first-order chi connectivity index (χ1) is 8.31. The van der Waals surface area contributed by atoms with Crippen LogP contribution in [0.3, 0.4) is 0 Å². The van der Waals surface area contributed by atoms with E-state index in [9.17, 15) is 4.79 Å². The molecule has 0 saturated carbocycles. The normalized spacial score (nSPS) is 10.5. The van der Waals surface area contributed by atoms with Gasteiger partial charge in [-0.15, -0.1) is 0 Å². The summed E-state index contributed by atoms with van der Waals surface area (Å²) in [7, 11) is 1.66. The van der Waals surface area contributed by atoms with Crippen LogP contribution in [-0.2, 0) is 14.3 Å². The number of carbonyl (C=O) groups excluding carboxylic acids is 1. The number of ether oxygens (including phenoxy) is 2. The van der Waals surface area contributed by atoms with Gasteiger partial charge in [0.15, 0.2) is 0 Å². The van der Waals surface area contributed by atoms with Crippen LogP contribution in [0.25, 0.3) is 0 Å². The van der Waals surface area contributed by atoms with Gasteiger partial charge in [-0.3, -0.25) is 4.79 Å². The highest BCUT2D eigenvalue weighted by Crippen LogP contribution is 1.94. The molecule has 0 aromatic heterocycles. The Morgan fingerprint density at radius 1 is 1.12 bits per heavy atom. The number of hydrogen-bond donors (Lipinski definition) is 2. The first-order valence-electron chi connectivity index (χ1n) is 6.34. The monoisotopic (exact) mass is 246 g/mol. The zero-order chi connectivity index (χ0) is 12.8. The molecule has 0 aliphatic heterocycles. The van der Waals surface area contributed by atoms with Crippen molar-refractivity contribution in [3.63, 3.8) is 0 Å². The molecule has 0 aromatic carbocycles. The summed E-state index contributed by atoms with van der Waals surface area (Å²) >= 11 is 0. The maximum atomic E-state index is 11.3. The smallest absolute Gasteiger partial charge is 0.219 e. The lowest BCUT2D eigenvalue weighted by Gasteiger charge is -2.05. The first-order valence-corrected chi connectivity index (χ1v) is 6.34. The molecular weight excluding hydrogens is 220 g/mol. The van der Waals surface area contributed by atoms with Crippen molar-refractivity contribution < 1.29 is 14.3 Å². The minimum Gasteiger partial charge on any atom is -0.382 e. The van der Waals surface area contributed by atoms with Gasteiger partial charge in [-0.25, -0.2) is 0 Å². The second-order valence-corrected chi connectivity index (χ2v) is 3.91. The lowest BCUT2D eigenvalue weighted by Crippen LogP contribution is -2.24. The van der Waals surface area contributed by atoms with E-state index in [4.69, 9.17) is 15.2 Å². The number of carbonyl (C=O) groups is 1. The number of unbranched alkanes of at least 4 members (excludes halogenated alkanes) is 2. The van der Waals surface area contributed by atoms with Crippen LogP contribution in [0.5, 0.6) is 0 Å². The minimum atomic E-state index is 0.124. The van der Waals surface area contributed by atoms with E-state index in [0.29, 0.717) is 26.2 Å². The lowest BCUT2D eigenvalue weighted by molar-refractivity contribution is -0.121. The van der Waals surface area contributed by atoms with Crippen LogP contribution < -0.4 is 11.1 Å². The Kier molecular flexibility index (Phi) is 12.9. The summed E-state index contributed by atoms with van der Waals surface area (Å²) in [5, 5.41) is 2.88. The van der Waals surface area contributed by atoms with Crippen molar-refractivity contribution in [2.45, 2.75) is 32.1 Å². The highest BCUT2D eigenvalue weighted by molar-refractivity contribution is 5.75. The van der Waals surface area contributed by atoms with Gasteiger partial charge < -0.3 is 20.5 Å². The summed E-state index contributed by atoms with van der Waals surface area (Å²) < 4.78 is 10.2. The molecular formula is C12H26N2O3. The predicted octanol–water partition coefficient (Wildman–Crippen LogP) is 0.675. The summed E-state index contributed by atoms with van der Waals surface area (Å²) in [5.74, 6) is 0.124. The molecule has 102 valence electrons. The van der Waals surface area contributed by atoms with Gasteiger partial charge in [0.2, 0.25) is 5.91 Å². The number of nitrogens with two attached hydrogens (primary N) is 1. The van der Waals surface area contributed by atoms with E-state index in [1.54, 1.807) is 7.11 Å². The van der Waals surface area contributed by atoms with E-state index in [0.717, 1.165) is 38.8 Å². The fourth-order valence-electron chi connectivity index (χ4n) is 1.32. The molecule has 0 heterocycles. The van der Waals surface area contributed by atoms with E-state index in [2.05, 4.69) is 5.32 Å². The van der Waals surface area contributed by atoms with Crippen LogP contribution in [0.2, 0.25) is 0 Å². The molecule has 0 atom stereocenters. The molecule has 0 aliphatic carbocycles. The third kappa shape index (κ3) is 13.3. The van der Waals surface area contributed by atoms with E-state index in [1.165, 1.54) is 0 Å².